The van der Waals surface area contributed by atoms with Crippen LogP contribution in [0.3, 0.4) is 0 Å². The second-order valence-corrected chi connectivity index (χ2v) is 6.91. The summed E-state index contributed by atoms with van der Waals surface area (Å²) in [5.41, 5.74) is 2.33. The van der Waals surface area contributed by atoms with Crippen LogP contribution < -0.4 is 5.32 Å². The van der Waals surface area contributed by atoms with E-state index in [2.05, 4.69) is 10.3 Å². The Hall–Kier alpha value is -1.40. The van der Waals surface area contributed by atoms with Gasteiger partial charge >= 0.3 is 0 Å². The number of thiazole rings is 1. The Morgan fingerprint density at radius 2 is 2.09 bits per heavy atom. The van der Waals surface area contributed by atoms with Gasteiger partial charge in [-0.1, -0.05) is 29.3 Å². The maximum Gasteiger partial charge on any atom is 0.230 e. The van der Waals surface area contributed by atoms with Gasteiger partial charge in [-0.05, 0) is 23.6 Å². The van der Waals surface area contributed by atoms with Crippen LogP contribution in [0.25, 0.3) is 10.6 Å². The lowest BCUT2D eigenvalue weighted by Gasteiger charge is -2.07. The average molecular weight is 369 g/mol. The van der Waals surface area contributed by atoms with Crippen molar-refractivity contribution >= 4 is 57.5 Å². The standard InChI is InChI=1S/C15H10Cl2N2OS2/c16-11-2-1-3-12(14(11)17)19-13(20)6-10-8-22-15(18-10)9-4-5-21-7-9/h1-5,7-8H,6H2,(H,19,20). The van der Waals surface area contributed by atoms with Gasteiger partial charge in [0, 0.05) is 16.3 Å². The normalized spacial score (nSPS) is 10.6. The highest BCUT2D eigenvalue weighted by atomic mass is 35.5. The number of nitrogens with zero attached hydrogens (tertiary/aromatic N) is 1. The lowest BCUT2D eigenvalue weighted by atomic mass is 10.2. The van der Waals surface area contributed by atoms with E-state index in [4.69, 9.17) is 23.2 Å². The molecule has 3 nitrogen and oxygen atoms in total. The predicted octanol–water partition coefficient (Wildman–Crippen LogP) is 5.36. The molecule has 0 bridgehead atoms. The number of halogens is 2. The van der Waals surface area contributed by atoms with Crippen LogP contribution in [-0.2, 0) is 11.2 Å². The molecule has 0 aliphatic carbocycles. The van der Waals surface area contributed by atoms with Crippen LogP contribution in [0.15, 0.2) is 40.4 Å². The highest BCUT2D eigenvalue weighted by Crippen LogP contribution is 2.30. The molecule has 0 atom stereocenters. The summed E-state index contributed by atoms with van der Waals surface area (Å²) in [6.45, 7) is 0. The number of hydrogen-bond donors (Lipinski definition) is 1. The van der Waals surface area contributed by atoms with Gasteiger partial charge in [0.2, 0.25) is 5.91 Å². The first-order valence-corrected chi connectivity index (χ1v) is 8.92. The van der Waals surface area contributed by atoms with Crippen molar-refractivity contribution in [2.75, 3.05) is 5.32 Å². The van der Waals surface area contributed by atoms with Crippen molar-refractivity contribution in [3.63, 3.8) is 0 Å². The SMILES string of the molecule is O=C(Cc1csc(-c2ccsc2)n1)Nc1cccc(Cl)c1Cl. The summed E-state index contributed by atoms with van der Waals surface area (Å²) in [6.07, 6.45) is 0.198. The number of nitrogens with one attached hydrogen (secondary N) is 1. The summed E-state index contributed by atoms with van der Waals surface area (Å²) in [4.78, 5) is 16.6. The van der Waals surface area contributed by atoms with E-state index in [1.807, 2.05) is 22.2 Å². The first kappa shape index (κ1) is 15.5. The molecule has 0 aliphatic rings. The van der Waals surface area contributed by atoms with Crippen LogP contribution in [-0.4, -0.2) is 10.9 Å². The molecule has 0 saturated carbocycles. The van der Waals surface area contributed by atoms with Crippen molar-refractivity contribution in [2.24, 2.45) is 0 Å². The molecular weight excluding hydrogens is 359 g/mol. The summed E-state index contributed by atoms with van der Waals surface area (Å²) < 4.78 is 0. The highest BCUT2D eigenvalue weighted by molar-refractivity contribution is 7.14. The topological polar surface area (TPSA) is 42.0 Å². The van der Waals surface area contributed by atoms with E-state index >= 15 is 0 Å². The molecule has 3 aromatic rings. The Kier molecular flexibility index (Phi) is 4.78. The van der Waals surface area contributed by atoms with E-state index in [0.717, 1.165) is 16.3 Å². The number of benzene rings is 1. The molecule has 1 aromatic carbocycles. The van der Waals surface area contributed by atoms with Crippen molar-refractivity contribution in [2.45, 2.75) is 6.42 Å². The van der Waals surface area contributed by atoms with E-state index in [-0.39, 0.29) is 12.3 Å². The van der Waals surface area contributed by atoms with Crippen LogP contribution in [0.4, 0.5) is 5.69 Å². The molecule has 2 heterocycles. The molecule has 3 rings (SSSR count). The summed E-state index contributed by atoms with van der Waals surface area (Å²) >= 11 is 15.1. The van der Waals surface area contributed by atoms with Crippen molar-refractivity contribution in [3.8, 4) is 10.6 Å². The van der Waals surface area contributed by atoms with E-state index in [1.165, 1.54) is 11.3 Å². The number of anilines is 1. The van der Waals surface area contributed by atoms with Gasteiger partial charge in [-0.15, -0.1) is 11.3 Å². The maximum absolute atomic E-state index is 12.1. The third-order valence-corrected chi connectivity index (χ3v) is 5.33. The van der Waals surface area contributed by atoms with Crippen LogP contribution in [0.1, 0.15) is 5.69 Å². The molecule has 112 valence electrons. The monoisotopic (exact) mass is 368 g/mol. The fourth-order valence-electron chi connectivity index (χ4n) is 1.87. The van der Waals surface area contributed by atoms with Crippen molar-refractivity contribution in [1.29, 1.82) is 0 Å². The number of thiophene rings is 1. The fraction of sp³-hybridized carbons (Fsp3) is 0.0667. The zero-order chi connectivity index (χ0) is 15.5. The molecule has 0 radical (unpaired) electrons. The summed E-state index contributed by atoms with van der Waals surface area (Å²) in [5.74, 6) is -0.175. The Morgan fingerprint density at radius 1 is 1.23 bits per heavy atom. The van der Waals surface area contributed by atoms with Gasteiger partial charge in [-0.3, -0.25) is 4.79 Å². The maximum atomic E-state index is 12.1. The predicted molar refractivity (Wildman–Crippen MR) is 94.2 cm³/mol. The Balaban J connectivity index is 1.68. The van der Waals surface area contributed by atoms with E-state index in [0.29, 0.717) is 15.7 Å². The summed E-state index contributed by atoms with van der Waals surface area (Å²) in [7, 11) is 0. The Bertz CT molecular complexity index is 800. The molecular formula is C15H10Cl2N2OS2. The smallest absolute Gasteiger partial charge is 0.230 e. The van der Waals surface area contributed by atoms with Gasteiger partial charge < -0.3 is 5.32 Å². The van der Waals surface area contributed by atoms with Crippen molar-refractivity contribution in [1.82, 2.24) is 4.98 Å². The second-order valence-electron chi connectivity index (χ2n) is 4.48. The molecule has 1 N–H and O–H groups in total. The van der Waals surface area contributed by atoms with Gasteiger partial charge in [0.1, 0.15) is 5.01 Å². The third-order valence-electron chi connectivity index (χ3n) is 2.89. The van der Waals surface area contributed by atoms with Gasteiger partial charge in [0.25, 0.3) is 0 Å². The molecule has 0 aliphatic heterocycles. The first-order chi connectivity index (χ1) is 10.6. The quantitative estimate of drug-likeness (QED) is 0.673. The Morgan fingerprint density at radius 3 is 2.86 bits per heavy atom. The fourth-order valence-corrected chi connectivity index (χ4v) is 3.75. The minimum atomic E-state index is -0.175. The Labute approximate surface area is 145 Å². The minimum Gasteiger partial charge on any atom is -0.324 e. The van der Waals surface area contributed by atoms with E-state index in [9.17, 15) is 4.79 Å². The van der Waals surface area contributed by atoms with E-state index < -0.39 is 0 Å². The van der Waals surface area contributed by atoms with Crippen LogP contribution in [0.2, 0.25) is 10.0 Å². The number of hydrogen-bond acceptors (Lipinski definition) is 4. The van der Waals surface area contributed by atoms with Crippen molar-refractivity contribution in [3.05, 3.63) is 56.1 Å². The summed E-state index contributed by atoms with van der Waals surface area (Å²) in [5, 5.41) is 10.4. The number of carbonyl (C=O) groups excluding carboxylic acids is 1. The minimum absolute atomic E-state index is 0.175. The number of aromatic nitrogens is 1. The summed E-state index contributed by atoms with van der Waals surface area (Å²) in [6, 6.07) is 7.14. The molecule has 22 heavy (non-hydrogen) atoms. The number of rotatable bonds is 4. The molecule has 0 unspecified atom stereocenters. The van der Waals surface area contributed by atoms with Crippen LogP contribution in [0.5, 0.6) is 0 Å². The lowest BCUT2D eigenvalue weighted by Crippen LogP contribution is -2.14. The molecule has 1 amide bonds. The molecule has 2 aromatic heterocycles. The lowest BCUT2D eigenvalue weighted by molar-refractivity contribution is -0.115. The zero-order valence-corrected chi connectivity index (χ0v) is 14.3. The molecule has 0 saturated heterocycles. The average Bonchev–Trinajstić information content (AvgIpc) is 3.14. The highest BCUT2D eigenvalue weighted by Gasteiger charge is 2.12. The number of carbonyl (C=O) groups is 1. The van der Waals surface area contributed by atoms with Gasteiger partial charge in [0.15, 0.2) is 0 Å². The van der Waals surface area contributed by atoms with Crippen LogP contribution in [0, 0.1) is 0 Å². The molecule has 7 heteroatoms. The number of amides is 1. The van der Waals surface area contributed by atoms with Crippen LogP contribution >= 0.6 is 45.9 Å². The van der Waals surface area contributed by atoms with Gasteiger partial charge in [-0.2, -0.15) is 11.3 Å². The van der Waals surface area contributed by atoms with Crippen molar-refractivity contribution < 1.29 is 4.79 Å². The third kappa shape index (κ3) is 3.50. The molecule has 0 spiro atoms. The molecule has 0 fully saturated rings. The second kappa shape index (κ2) is 6.79. The van der Waals surface area contributed by atoms with Gasteiger partial charge in [-0.25, -0.2) is 4.98 Å². The van der Waals surface area contributed by atoms with Gasteiger partial charge in [0.05, 0.1) is 27.8 Å². The largest absolute Gasteiger partial charge is 0.324 e. The van der Waals surface area contributed by atoms with E-state index in [1.54, 1.807) is 29.5 Å². The zero-order valence-electron chi connectivity index (χ0n) is 11.2. The first-order valence-electron chi connectivity index (χ1n) is 6.34.